The summed E-state index contributed by atoms with van der Waals surface area (Å²) in [6, 6.07) is 18.9. The predicted molar refractivity (Wildman–Crippen MR) is 99.2 cm³/mol. The van der Waals surface area contributed by atoms with Crippen molar-refractivity contribution in [2.75, 3.05) is 6.61 Å². The van der Waals surface area contributed by atoms with E-state index in [1.165, 1.54) is 0 Å². The maximum Gasteiger partial charge on any atom is 0.338 e. The highest BCUT2D eigenvalue weighted by atomic mass is 16.7. The zero-order chi connectivity index (χ0) is 18.8. The zero-order valence-corrected chi connectivity index (χ0v) is 15.5. The van der Waals surface area contributed by atoms with Gasteiger partial charge in [-0.2, -0.15) is 0 Å². The van der Waals surface area contributed by atoms with Crippen LogP contribution in [0, 0.1) is 5.92 Å². The molecule has 6 atom stereocenters. The molecule has 0 spiro atoms. The van der Waals surface area contributed by atoms with Crippen LogP contribution in [0.25, 0.3) is 0 Å². The highest BCUT2D eigenvalue weighted by Crippen LogP contribution is 2.37. The third-order valence-corrected chi connectivity index (χ3v) is 5.27. The molecule has 5 nitrogen and oxygen atoms in total. The van der Waals surface area contributed by atoms with Gasteiger partial charge in [-0.05, 0) is 19.1 Å². The Bertz CT molecular complexity index is 763. The minimum absolute atomic E-state index is 0.0125. The fraction of sp³-hybridized carbons (Fsp3) is 0.409. The van der Waals surface area contributed by atoms with Gasteiger partial charge in [0.05, 0.1) is 24.4 Å². The minimum Gasteiger partial charge on any atom is -0.456 e. The highest BCUT2D eigenvalue weighted by Gasteiger charge is 2.48. The summed E-state index contributed by atoms with van der Waals surface area (Å²) in [7, 11) is 0. The van der Waals surface area contributed by atoms with E-state index in [1.807, 2.05) is 62.4 Å². The van der Waals surface area contributed by atoms with Gasteiger partial charge < -0.3 is 18.9 Å². The molecule has 4 rings (SSSR count). The summed E-state index contributed by atoms with van der Waals surface area (Å²) in [4.78, 5) is 12.5. The van der Waals surface area contributed by atoms with Gasteiger partial charge in [-0.25, -0.2) is 4.79 Å². The van der Waals surface area contributed by atoms with Crippen LogP contribution in [-0.2, 0) is 18.9 Å². The Morgan fingerprint density at radius 3 is 2.33 bits per heavy atom. The van der Waals surface area contributed by atoms with E-state index in [0.717, 1.165) is 5.56 Å². The Morgan fingerprint density at radius 1 is 0.963 bits per heavy atom. The summed E-state index contributed by atoms with van der Waals surface area (Å²) >= 11 is 0. The maximum absolute atomic E-state index is 12.5. The van der Waals surface area contributed by atoms with E-state index in [-0.39, 0.29) is 36.3 Å². The Morgan fingerprint density at radius 2 is 1.63 bits per heavy atom. The summed E-state index contributed by atoms with van der Waals surface area (Å²) < 4.78 is 24.0. The van der Waals surface area contributed by atoms with Crippen molar-refractivity contribution in [3.8, 4) is 0 Å². The quantitative estimate of drug-likeness (QED) is 0.773. The number of ether oxygens (including phenoxy) is 4. The number of esters is 1. The Labute approximate surface area is 159 Å². The number of carbonyl (C=O) groups excluding carboxylic acids is 1. The number of rotatable bonds is 3. The molecule has 3 unspecified atom stereocenters. The average Bonchev–Trinajstić information content (AvgIpc) is 2.72. The van der Waals surface area contributed by atoms with Gasteiger partial charge in [0, 0.05) is 11.5 Å². The van der Waals surface area contributed by atoms with Crippen molar-refractivity contribution in [1.29, 1.82) is 0 Å². The van der Waals surface area contributed by atoms with Gasteiger partial charge in [0.25, 0.3) is 0 Å². The van der Waals surface area contributed by atoms with E-state index in [4.69, 9.17) is 18.9 Å². The Balaban J connectivity index is 1.48. The van der Waals surface area contributed by atoms with Gasteiger partial charge in [0.2, 0.25) is 0 Å². The first-order valence-corrected chi connectivity index (χ1v) is 9.37. The fourth-order valence-corrected chi connectivity index (χ4v) is 3.85. The molecule has 0 amide bonds. The minimum atomic E-state index is -0.433. The van der Waals surface area contributed by atoms with Crippen LogP contribution in [-0.4, -0.2) is 37.0 Å². The lowest BCUT2D eigenvalue weighted by Crippen LogP contribution is -2.58. The topological polar surface area (TPSA) is 54.0 Å². The molecule has 0 aliphatic carbocycles. The van der Waals surface area contributed by atoms with Crippen LogP contribution in [0.2, 0.25) is 0 Å². The second-order valence-corrected chi connectivity index (χ2v) is 7.15. The smallest absolute Gasteiger partial charge is 0.338 e. The summed E-state index contributed by atoms with van der Waals surface area (Å²) in [6.45, 7) is 4.43. The van der Waals surface area contributed by atoms with Gasteiger partial charge in [0.1, 0.15) is 12.2 Å². The van der Waals surface area contributed by atoms with Crippen LogP contribution >= 0.6 is 0 Å². The van der Waals surface area contributed by atoms with Crippen LogP contribution in [0.3, 0.4) is 0 Å². The van der Waals surface area contributed by atoms with Crippen LogP contribution in [0.15, 0.2) is 60.7 Å². The van der Waals surface area contributed by atoms with Gasteiger partial charge in [-0.15, -0.1) is 0 Å². The normalized spacial score (nSPS) is 33.1. The van der Waals surface area contributed by atoms with Crippen molar-refractivity contribution in [2.24, 2.45) is 5.92 Å². The van der Waals surface area contributed by atoms with Crippen LogP contribution in [0.5, 0.6) is 0 Å². The number of benzene rings is 2. The van der Waals surface area contributed by atoms with E-state index in [9.17, 15) is 4.79 Å². The zero-order valence-electron chi connectivity index (χ0n) is 15.5. The van der Waals surface area contributed by atoms with Crippen molar-refractivity contribution in [2.45, 2.75) is 44.6 Å². The van der Waals surface area contributed by atoms with E-state index in [1.54, 1.807) is 12.1 Å². The van der Waals surface area contributed by atoms with E-state index in [2.05, 4.69) is 0 Å². The molecular formula is C22H24O5. The Kier molecular flexibility index (Phi) is 5.25. The molecule has 142 valence electrons. The molecule has 0 N–H and O–H groups in total. The average molecular weight is 368 g/mol. The molecular weight excluding hydrogens is 344 g/mol. The van der Waals surface area contributed by atoms with Gasteiger partial charge in [-0.1, -0.05) is 55.5 Å². The van der Waals surface area contributed by atoms with Crippen molar-refractivity contribution in [3.63, 3.8) is 0 Å². The molecule has 2 saturated heterocycles. The molecule has 5 heteroatoms. The van der Waals surface area contributed by atoms with Crippen molar-refractivity contribution >= 4 is 5.97 Å². The molecule has 2 aliphatic rings. The molecule has 0 radical (unpaired) electrons. The van der Waals surface area contributed by atoms with Crippen molar-refractivity contribution in [1.82, 2.24) is 0 Å². The van der Waals surface area contributed by atoms with Crippen molar-refractivity contribution in [3.05, 3.63) is 71.8 Å². The lowest BCUT2D eigenvalue weighted by atomic mass is 9.87. The summed E-state index contributed by atoms with van der Waals surface area (Å²) in [5.41, 5.74) is 1.51. The summed E-state index contributed by atoms with van der Waals surface area (Å²) in [5, 5.41) is 0. The largest absolute Gasteiger partial charge is 0.456 e. The first-order valence-electron chi connectivity index (χ1n) is 9.37. The third-order valence-electron chi connectivity index (χ3n) is 5.27. The van der Waals surface area contributed by atoms with E-state index >= 15 is 0 Å². The van der Waals surface area contributed by atoms with Crippen LogP contribution < -0.4 is 0 Å². The Hall–Kier alpha value is -2.21. The fourth-order valence-electron chi connectivity index (χ4n) is 3.85. The molecule has 2 aliphatic heterocycles. The molecule has 2 heterocycles. The SMILES string of the molecule is C[C@@H]1OC2COC(c3ccccc3)O[C@@H]2[C@H](C)C1OC(=O)c1ccccc1. The molecule has 2 fully saturated rings. The number of hydrogen-bond donors (Lipinski definition) is 0. The molecule has 2 aromatic rings. The van der Waals surface area contributed by atoms with Gasteiger partial charge >= 0.3 is 5.97 Å². The van der Waals surface area contributed by atoms with E-state index < -0.39 is 6.29 Å². The van der Waals surface area contributed by atoms with Crippen LogP contribution in [0.4, 0.5) is 0 Å². The van der Waals surface area contributed by atoms with Crippen LogP contribution in [0.1, 0.15) is 36.1 Å². The second kappa shape index (κ2) is 7.80. The lowest BCUT2D eigenvalue weighted by molar-refractivity contribution is -0.314. The summed E-state index contributed by atoms with van der Waals surface area (Å²) in [6.07, 6.45) is -1.41. The predicted octanol–water partition coefficient (Wildman–Crippen LogP) is 3.75. The number of hydrogen-bond acceptors (Lipinski definition) is 5. The molecule has 0 bridgehead atoms. The number of fused-ring (bicyclic) bond motifs is 1. The molecule has 0 aromatic heterocycles. The standard InChI is InChI=1S/C22H24O5/c1-14-19(26-21(23)16-9-5-3-6-10-16)15(2)25-18-13-24-22(27-20(14)18)17-11-7-4-8-12-17/h3-12,14-15,18-20,22H,13H2,1-2H3/t14-,15+,18?,19?,20-,22?/m1/s1. The first-order chi connectivity index (χ1) is 13.1. The number of carbonyl (C=O) groups is 1. The second-order valence-electron chi connectivity index (χ2n) is 7.15. The monoisotopic (exact) mass is 368 g/mol. The van der Waals surface area contributed by atoms with Gasteiger partial charge in [0.15, 0.2) is 6.29 Å². The highest BCUT2D eigenvalue weighted by molar-refractivity contribution is 5.89. The maximum atomic E-state index is 12.5. The first kappa shape index (κ1) is 18.2. The molecule has 2 aromatic carbocycles. The van der Waals surface area contributed by atoms with Gasteiger partial charge in [-0.3, -0.25) is 0 Å². The molecule has 27 heavy (non-hydrogen) atoms. The van der Waals surface area contributed by atoms with E-state index in [0.29, 0.717) is 12.2 Å². The third kappa shape index (κ3) is 3.76. The lowest BCUT2D eigenvalue weighted by Gasteiger charge is -2.47. The molecule has 0 saturated carbocycles. The van der Waals surface area contributed by atoms with Crippen molar-refractivity contribution < 1.29 is 23.7 Å². The summed E-state index contributed by atoms with van der Waals surface area (Å²) in [5.74, 6) is -0.352.